The lowest BCUT2D eigenvalue weighted by molar-refractivity contribution is 0.0931. The zero-order valence-corrected chi connectivity index (χ0v) is 14.2. The number of hydrogen-bond donors (Lipinski definition) is 1. The van der Waals surface area contributed by atoms with Gasteiger partial charge in [0.2, 0.25) is 11.8 Å². The van der Waals surface area contributed by atoms with Crippen LogP contribution in [0, 0.1) is 19.8 Å². The van der Waals surface area contributed by atoms with Gasteiger partial charge in [0.1, 0.15) is 0 Å². The SMILES string of the molecule is Cc1nnc(C[C@@H]2CC[C@H](NC(=O)c3nn(C)c(C)c3Cl)C2)o1. The Morgan fingerprint density at radius 3 is 2.78 bits per heavy atom. The van der Waals surface area contributed by atoms with Gasteiger partial charge >= 0.3 is 0 Å². The lowest BCUT2D eigenvalue weighted by Crippen LogP contribution is -2.33. The number of carbonyl (C=O) groups excluding carboxylic acids is 1. The molecule has 124 valence electrons. The molecular formula is C15H20ClN5O2. The molecule has 23 heavy (non-hydrogen) atoms. The summed E-state index contributed by atoms with van der Waals surface area (Å²) < 4.78 is 7.04. The maximum atomic E-state index is 12.3. The van der Waals surface area contributed by atoms with E-state index in [1.54, 1.807) is 18.7 Å². The van der Waals surface area contributed by atoms with Crippen molar-refractivity contribution in [1.29, 1.82) is 0 Å². The molecule has 0 radical (unpaired) electrons. The third kappa shape index (κ3) is 3.39. The monoisotopic (exact) mass is 337 g/mol. The van der Waals surface area contributed by atoms with Crippen LogP contribution < -0.4 is 5.32 Å². The van der Waals surface area contributed by atoms with Crippen molar-refractivity contribution >= 4 is 17.5 Å². The standard InChI is InChI=1S/C15H20ClN5O2/c1-8-13(16)14(20-21(8)3)15(22)17-11-5-4-10(6-11)7-12-19-18-9(2)23-12/h10-11H,4-7H2,1-3H3,(H,17,22)/t10-,11+/m1/s1. The molecule has 2 heterocycles. The summed E-state index contributed by atoms with van der Waals surface area (Å²) in [6.07, 6.45) is 3.63. The third-order valence-corrected chi connectivity index (χ3v) is 4.84. The highest BCUT2D eigenvalue weighted by molar-refractivity contribution is 6.34. The van der Waals surface area contributed by atoms with Crippen LogP contribution in [0.3, 0.4) is 0 Å². The molecule has 1 aliphatic rings. The largest absolute Gasteiger partial charge is 0.426 e. The summed E-state index contributed by atoms with van der Waals surface area (Å²) in [5, 5.41) is 15.5. The summed E-state index contributed by atoms with van der Waals surface area (Å²) in [6.45, 7) is 3.62. The molecule has 1 fully saturated rings. The normalized spacial score (nSPS) is 20.9. The highest BCUT2D eigenvalue weighted by Gasteiger charge is 2.29. The second-order valence-corrected chi connectivity index (χ2v) is 6.52. The average Bonchev–Trinajstić information content (AvgIpc) is 3.17. The molecule has 2 aromatic rings. The van der Waals surface area contributed by atoms with Crippen LogP contribution in [0.25, 0.3) is 0 Å². The van der Waals surface area contributed by atoms with Gasteiger partial charge in [0, 0.05) is 26.4 Å². The predicted molar refractivity (Wildman–Crippen MR) is 84.3 cm³/mol. The van der Waals surface area contributed by atoms with Crippen molar-refractivity contribution in [2.24, 2.45) is 13.0 Å². The fraction of sp³-hybridized carbons (Fsp3) is 0.600. The number of aryl methyl sites for hydroxylation is 2. The molecule has 3 rings (SSSR count). The molecule has 0 aliphatic heterocycles. The predicted octanol–water partition coefficient (Wildman–Crippen LogP) is 2.21. The summed E-state index contributed by atoms with van der Waals surface area (Å²) in [5.41, 5.74) is 1.08. The lowest BCUT2D eigenvalue weighted by atomic mass is 10.0. The van der Waals surface area contributed by atoms with Crippen molar-refractivity contribution in [3.8, 4) is 0 Å². The molecular weight excluding hydrogens is 318 g/mol. The van der Waals surface area contributed by atoms with Crippen LogP contribution in [0.2, 0.25) is 5.02 Å². The summed E-state index contributed by atoms with van der Waals surface area (Å²) in [4.78, 5) is 12.3. The van der Waals surface area contributed by atoms with Crippen LogP contribution in [-0.4, -0.2) is 31.9 Å². The zero-order chi connectivity index (χ0) is 16.6. The number of hydrogen-bond acceptors (Lipinski definition) is 5. The zero-order valence-electron chi connectivity index (χ0n) is 13.5. The molecule has 1 saturated carbocycles. The van der Waals surface area contributed by atoms with Gasteiger partial charge in [-0.15, -0.1) is 10.2 Å². The van der Waals surface area contributed by atoms with Gasteiger partial charge in [-0.25, -0.2) is 0 Å². The Labute approximate surface area is 139 Å². The van der Waals surface area contributed by atoms with Crippen molar-refractivity contribution in [3.63, 3.8) is 0 Å². The highest BCUT2D eigenvalue weighted by Crippen LogP contribution is 2.29. The maximum Gasteiger partial charge on any atom is 0.273 e. The molecule has 0 bridgehead atoms. The van der Waals surface area contributed by atoms with Crippen LogP contribution in [0.5, 0.6) is 0 Å². The fourth-order valence-electron chi connectivity index (χ4n) is 3.04. The molecule has 1 amide bonds. The molecule has 0 unspecified atom stereocenters. The first-order chi connectivity index (χ1) is 10.9. The molecule has 0 aromatic carbocycles. The van der Waals surface area contributed by atoms with E-state index in [4.69, 9.17) is 16.0 Å². The minimum atomic E-state index is -0.210. The van der Waals surface area contributed by atoms with Gasteiger partial charge in [-0.1, -0.05) is 11.6 Å². The molecule has 0 spiro atoms. The van der Waals surface area contributed by atoms with Gasteiger partial charge < -0.3 is 9.73 Å². The van der Waals surface area contributed by atoms with Gasteiger partial charge in [0.25, 0.3) is 5.91 Å². The molecule has 8 heteroatoms. The Morgan fingerprint density at radius 1 is 1.39 bits per heavy atom. The van der Waals surface area contributed by atoms with E-state index in [0.717, 1.165) is 31.4 Å². The van der Waals surface area contributed by atoms with Gasteiger partial charge in [-0.3, -0.25) is 9.48 Å². The lowest BCUT2D eigenvalue weighted by Gasteiger charge is -2.12. The Bertz CT molecular complexity index is 724. The summed E-state index contributed by atoms with van der Waals surface area (Å²) in [5.74, 6) is 1.49. The highest BCUT2D eigenvalue weighted by atomic mass is 35.5. The van der Waals surface area contributed by atoms with Gasteiger partial charge in [0.15, 0.2) is 5.69 Å². The number of aromatic nitrogens is 4. The number of halogens is 1. The fourth-order valence-corrected chi connectivity index (χ4v) is 3.29. The van der Waals surface area contributed by atoms with Crippen LogP contribution >= 0.6 is 11.6 Å². The molecule has 1 N–H and O–H groups in total. The van der Waals surface area contributed by atoms with Crippen LogP contribution in [-0.2, 0) is 13.5 Å². The van der Waals surface area contributed by atoms with E-state index in [1.165, 1.54) is 0 Å². The second-order valence-electron chi connectivity index (χ2n) is 6.14. The minimum absolute atomic E-state index is 0.134. The van der Waals surface area contributed by atoms with Crippen molar-refractivity contribution in [2.45, 2.75) is 45.6 Å². The first kappa shape index (κ1) is 16.0. The first-order valence-electron chi connectivity index (χ1n) is 7.73. The van der Waals surface area contributed by atoms with E-state index in [9.17, 15) is 4.79 Å². The van der Waals surface area contributed by atoms with Crippen molar-refractivity contribution < 1.29 is 9.21 Å². The topological polar surface area (TPSA) is 85.8 Å². The van der Waals surface area contributed by atoms with E-state index in [0.29, 0.717) is 28.4 Å². The number of amides is 1. The summed E-state index contributed by atoms with van der Waals surface area (Å²) in [7, 11) is 1.77. The van der Waals surface area contributed by atoms with Crippen LogP contribution in [0.1, 0.15) is 47.2 Å². The molecule has 2 atom stereocenters. The Balaban J connectivity index is 1.57. The van der Waals surface area contributed by atoms with E-state index < -0.39 is 0 Å². The third-order valence-electron chi connectivity index (χ3n) is 4.38. The second kappa shape index (κ2) is 6.31. The van der Waals surface area contributed by atoms with Crippen molar-refractivity contribution in [1.82, 2.24) is 25.3 Å². The Kier molecular flexibility index (Phi) is 4.39. The van der Waals surface area contributed by atoms with E-state index in [2.05, 4.69) is 20.6 Å². The molecule has 2 aromatic heterocycles. The van der Waals surface area contributed by atoms with Crippen LogP contribution in [0.4, 0.5) is 0 Å². The molecule has 7 nitrogen and oxygen atoms in total. The number of nitrogens with zero attached hydrogens (tertiary/aromatic N) is 4. The van der Waals surface area contributed by atoms with E-state index in [1.807, 2.05) is 6.92 Å². The number of nitrogens with one attached hydrogen (secondary N) is 1. The average molecular weight is 338 g/mol. The van der Waals surface area contributed by atoms with Crippen molar-refractivity contribution in [2.75, 3.05) is 0 Å². The molecule has 1 aliphatic carbocycles. The quantitative estimate of drug-likeness (QED) is 0.924. The molecule has 0 saturated heterocycles. The van der Waals surface area contributed by atoms with Gasteiger partial charge in [0.05, 0.1) is 10.7 Å². The Morgan fingerprint density at radius 2 is 2.17 bits per heavy atom. The van der Waals surface area contributed by atoms with Crippen LogP contribution in [0.15, 0.2) is 4.42 Å². The van der Waals surface area contributed by atoms with Crippen molar-refractivity contribution in [3.05, 3.63) is 28.2 Å². The van der Waals surface area contributed by atoms with E-state index >= 15 is 0 Å². The minimum Gasteiger partial charge on any atom is -0.426 e. The summed E-state index contributed by atoms with van der Waals surface area (Å²) in [6, 6.07) is 0.134. The van der Waals surface area contributed by atoms with E-state index in [-0.39, 0.29) is 11.9 Å². The number of carbonyl (C=O) groups is 1. The Hall–Kier alpha value is -1.89. The number of rotatable bonds is 4. The van der Waals surface area contributed by atoms with Gasteiger partial charge in [-0.05, 0) is 32.1 Å². The maximum absolute atomic E-state index is 12.3. The first-order valence-corrected chi connectivity index (χ1v) is 8.10. The summed E-state index contributed by atoms with van der Waals surface area (Å²) >= 11 is 6.16. The smallest absolute Gasteiger partial charge is 0.273 e. The van der Waals surface area contributed by atoms with Gasteiger partial charge in [-0.2, -0.15) is 5.10 Å².